The minimum atomic E-state index is -0.187. The Morgan fingerprint density at radius 3 is 1.75 bits per heavy atom. The molecule has 0 fully saturated rings. The number of pyridine rings is 1. The quantitative estimate of drug-likeness (QED) is 0.118. The van der Waals surface area contributed by atoms with Crippen LogP contribution in [0.5, 0.6) is 11.5 Å². The van der Waals surface area contributed by atoms with Gasteiger partial charge in [0.25, 0.3) is 6.33 Å². The van der Waals surface area contributed by atoms with E-state index in [1.807, 2.05) is 12.3 Å². The second kappa shape index (κ2) is 18.6. The van der Waals surface area contributed by atoms with Gasteiger partial charge < -0.3 is 4.74 Å². The van der Waals surface area contributed by atoms with Crippen molar-refractivity contribution in [2.45, 2.75) is 52.4 Å². The average Bonchev–Trinajstić information content (AvgIpc) is 3.70. The second-order valence-corrected chi connectivity index (χ2v) is 23.0. The lowest BCUT2D eigenvalue weighted by Gasteiger charge is -2.27. The van der Waals surface area contributed by atoms with Crippen LogP contribution in [0.1, 0.15) is 52.7 Å². The Morgan fingerprint density at radius 2 is 1.00 bits per heavy atom. The van der Waals surface area contributed by atoms with Gasteiger partial charge in [0.15, 0.2) is 0 Å². The van der Waals surface area contributed by atoms with Crippen molar-refractivity contribution in [1.82, 2.24) is 14.1 Å². The van der Waals surface area contributed by atoms with Crippen molar-refractivity contribution < 1.29 is 9.30 Å². The van der Waals surface area contributed by atoms with Crippen LogP contribution >= 0.6 is 0 Å². The van der Waals surface area contributed by atoms with E-state index in [4.69, 9.17) is 9.72 Å². The molecule has 0 bridgehead atoms. The first kappa shape index (κ1) is 47.8. The van der Waals surface area contributed by atoms with Crippen molar-refractivity contribution in [2.24, 2.45) is 0 Å². The fraction of sp³-hybridized carbons (Fsp3) is 0.108. The highest BCUT2D eigenvalue weighted by Gasteiger charge is 2.30. The van der Waals surface area contributed by atoms with Crippen LogP contribution in [0, 0.1) is 6.33 Å². The number of hydrogen-bond acceptors (Lipinski definition) is 2. The molecule has 14 rings (SSSR count). The topological polar surface area (TPSA) is 35.9 Å². The average molecular weight is 1020 g/mol. The summed E-state index contributed by atoms with van der Waals surface area (Å²) in [7, 11) is 0. The lowest BCUT2D eigenvalue weighted by atomic mass is 9.77. The molecule has 0 radical (unpaired) electrons. The zero-order valence-electron chi connectivity index (χ0n) is 45.3. The van der Waals surface area contributed by atoms with Crippen molar-refractivity contribution in [2.75, 3.05) is 0 Å². The molecule has 5 heteroatoms. The second-order valence-electron chi connectivity index (χ2n) is 23.0. The molecule has 380 valence electrons. The van der Waals surface area contributed by atoms with E-state index in [0.717, 1.165) is 89.3 Å². The van der Waals surface area contributed by atoms with E-state index in [0.29, 0.717) is 5.75 Å². The summed E-state index contributed by atoms with van der Waals surface area (Å²) in [6, 6.07) is 85.7. The Morgan fingerprint density at radius 1 is 0.418 bits per heavy atom. The number of aromatic nitrogens is 4. The SMILES string of the molecule is CC(C)(C)c1ccnc(-n2c3ccccc3c3ccc(Oc4cccc(-n5[c-][n+]6c7c(cccc75)-c5ccccc5-c5cccc(C(C)(C)C)c5-c5cccc(-c7cc(-c8ccccc8)cc(-c8ccccc8)c7)c5-6)c4)cc32)c1. The molecule has 1 aliphatic heterocycles. The maximum absolute atomic E-state index is 6.94. The Bertz CT molecular complexity index is 4470. The molecule has 0 unspecified atom stereocenters. The summed E-state index contributed by atoms with van der Waals surface area (Å²) >= 11 is 0. The maximum atomic E-state index is 6.94. The third-order valence-corrected chi connectivity index (χ3v) is 15.8. The fourth-order valence-corrected chi connectivity index (χ4v) is 12.1. The van der Waals surface area contributed by atoms with E-state index in [1.165, 1.54) is 44.3 Å². The van der Waals surface area contributed by atoms with Crippen LogP contribution in [0.25, 0.3) is 117 Å². The number of ether oxygens (including phenoxy) is 1. The number of fused-ring (bicyclic) bond motifs is 10. The lowest BCUT2D eigenvalue weighted by Crippen LogP contribution is -2.32. The van der Waals surface area contributed by atoms with Gasteiger partial charge in [0, 0.05) is 23.0 Å². The Balaban J connectivity index is 0.992. The highest BCUT2D eigenvalue weighted by Crippen LogP contribution is 2.49. The lowest BCUT2D eigenvalue weighted by molar-refractivity contribution is -0.570. The van der Waals surface area contributed by atoms with Gasteiger partial charge in [-0.25, -0.2) is 4.98 Å². The van der Waals surface area contributed by atoms with Crippen LogP contribution in [-0.4, -0.2) is 14.1 Å². The molecule has 13 aromatic rings. The summed E-state index contributed by atoms with van der Waals surface area (Å²) in [4.78, 5) is 4.94. The molecular weight excluding hydrogens is 961 g/mol. The Kier molecular flexibility index (Phi) is 11.2. The Hall–Kier alpha value is -9.58. The van der Waals surface area contributed by atoms with E-state index in [-0.39, 0.29) is 10.8 Å². The van der Waals surface area contributed by atoms with Gasteiger partial charge in [-0.3, -0.25) is 13.7 Å². The third-order valence-electron chi connectivity index (χ3n) is 15.8. The van der Waals surface area contributed by atoms with Gasteiger partial charge >= 0.3 is 0 Å². The van der Waals surface area contributed by atoms with Crippen molar-refractivity contribution in [3.63, 3.8) is 0 Å². The van der Waals surface area contributed by atoms with Crippen molar-refractivity contribution in [3.8, 4) is 95.5 Å². The molecule has 0 atom stereocenters. The van der Waals surface area contributed by atoms with Gasteiger partial charge in [-0.1, -0.05) is 205 Å². The summed E-state index contributed by atoms with van der Waals surface area (Å²) < 4.78 is 13.8. The molecule has 0 N–H and O–H groups in total. The molecule has 79 heavy (non-hydrogen) atoms. The van der Waals surface area contributed by atoms with Gasteiger partial charge in [-0.15, -0.1) is 0 Å². The monoisotopic (exact) mass is 1020 g/mol. The zero-order valence-corrected chi connectivity index (χ0v) is 45.3. The first-order valence-electron chi connectivity index (χ1n) is 27.4. The van der Waals surface area contributed by atoms with Crippen LogP contribution in [0.3, 0.4) is 0 Å². The summed E-state index contributed by atoms with van der Waals surface area (Å²) in [5.41, 5.74) is 22.4. The molecule has 0 amide bonds. The summed E-state index contributed by atoms with van der Waals surface area (Å²) in [6.45, 7) is 13.7. The third kappa shape index (κ3) is 8.24. The summed E-state index contributed by atoms with van der Waals surface area (Å²) in [5, 5.41) is 2.31. The number of hydrogen-bond donors (Lipinski definition) is 0. The number of rotatable bonds is 7. The van der Waals surface area contributed by atoms with Gasteiger partial charge in [-0.2, -0.15) is 0 Å². The number of imidazole rings is 1. The first-order chi connectivity index (χ1) is 38.4. The molecule has 5 nitrogen and oxygen atoms in total. The van der Waals surface area contributed by atoms with Gasteiger partial charge in [0.1, 0.15) is 17.3 Å². The largest absolute Gasteiger partial charge is 0.458 e. The molecule has 0 aliphatic carbocycles. The van der Waals surface area contributed by atoms with Crippen LogP contribution < -0.4 is 9.30 Å². The van der Waals surface area contributed by atoms with Gasteiger partial charge in [0.05, 0.1) is 33.4 Å². The van der Waals surface area contributed by atoms with Gasteiger partial charge in [-0.05, 0) is 155 Å². The predicted molar refractivity (Wildman–Crippen MR) is 326 cm³/mol. The minimum absolute atomic E-state index is 0.0347. The molecule has 0 spiro atoms. The molecule has 1 aliphatic rings. The zero-order chi connectivity index (χ0) is 53.6. The smallest absolute Gasteiger partial charge is 0.269 e. The highest BCUT2D eigenvalue weighted by atomic mass is 16.5. The van der Waals surface area contributed by atoms with Crippen LogP contribution in [0.2, 0.25) is 0 Å². The standard InChI is InChI=1S/C74H58N4O/c1-73(2,3)53-39-40-75-69(44-53)78-66-35-16-15-29-60(66)61-38-37-56(46-68(61)78)79-55-26-17-25-54(45-55)76-47-77-71-57(52-42-50(48-21-9-7-10-22-48)41-51(43-52)49-23-11-8-12-24-49)30-18-33-64(71)70-62(31-19-34-65(70)74(4,5)6)58-27-13-14-28-59(58)63-32-20-36-67(76)72(63)77/h7-46H,1-6H3. The van der Waals surface area contributed by atoms with E-state index in [2.05, 4.69) is 292 Å². The predicted octanol–water partition coefficient (Wildman–Crippen LogP) is 18.9. The fourth-order valence-electron chi connectivity index (χ4n) is 12.1. The normalized spacial score (nSPS) is 12.2. The van der Waals surface area contributed by atoms with Crippen LogP contribution in [0.4, 0.5) is 0 Å². The molecule has 4 heterocycles. The molecule has 0 saturated heterocycles. The summed E-state index contributed by atoms with van der Waals surface area (Å²) in [5.74, 6) is 2.33. The molecule has 0 saturated carbocycles. The highest BCUT2D eigenvalue weighted by molar-refractivity contribution is 6.09. The van der Waals surface area contributed by atoms with E-state index < -0.39 is 0 Å². The van der Waals surface area contributed by atoms with E-state index in [1.54, 1.807) is 0 Å². The van der Waals surface area contributed by atoms with Crippen molar-refractivity contribution in [3.05, 3.63) is 260 Å². The first-order valence-corrected chi connectivity index (χ1v) is 27.4. The van der Waals surface area contributed by atoms with E-state index in [9.17, 15) is 0 Å². The Labute approximate surface area is 462 Å². The summed E-state index contributed by atoms with van der Waals surface area (Å²) in [6.07, 6.45) is 5.99. The maximum Gasteiger partial charge on any atom is 0.269 e. The van der Waals surface area contributed by atoms with E-state index >= 15 is 0 Å². The van der Waals surface area contributed by atoms with Crippen molar-refractivity contribution >= 4 is 32.8 Å². The van der Waals surface area contributed by atoms with Crippen LogP contribution in [0.15, 0.2) is 243 Å². The van der Waals surface area contributed by atoms with Crippen LogP contribution in [-0.2, 0) is 10.8 Å². The molecule has 3 aromatic heterocycles. The van der Waals surface area contributed by atoms with Gasteiger partial charge in [0.2, 0.25) is 0 Å². The number of benzene rings is 10. The van der Waals surface area contributed by atoms with Crippen molar-refractivity contribution in [1.29, 1.82) is 0 Å². The number of para-hydroxylation sites is 3. The number of nitrogens with zero attached hydrogens (tertiary/aromatic N) is 4. The molecule has 10 aromatic carbocycles. The molecular formula is C74H58N4O. The minimum Gasteiger partial charge on any atom is -0.458 e.